The lowest BCUT2D eigenvalue weighted by atomic mass is 10.0. The number of pyridine rings is 1. The van der Waals surface area contributed by atoms with E-state index >= 15 is 4.39 Å². The number of nitrogens with zero attached hydrogens (tertiary/aromatic N) is 3. The first-order chi connectivity index (χ1) is 19.2. The van der Waals surface area contributed by atoms with E-state index < -0.39 is 21.4 Å². The van der Waals surface area contributed by atoms with E-state index in [4.69, 9.17) is 14.2 Å². The fourth-order valence-electron chi connectivity index (χ4n) is 4.24. The van der Waals surface area contributed by atoms with Gasteiger partial charge in [0.1, 0.15) is 23.1 Å². The molecule has 5 aromatic rings. The number of hydrogen-bond acceptors (Lipinski definition) is 8. The Kier molecular flexibility index (Phi) is 7.09. The maximum atomic E-state index is 15.6. The Morgan fingerprint density at radius 3 is 2.20 bits per heavy atom. The molecular weight excluding hydrogens is 539 g/mol. The van der Waals surface area contributed by atoms with Crippen LogP contribution in [0.5, 0.6) is 17.2 Å². The Morgan fingerprint density at radius 2 is 1.55 bits per heavy atom. The van der Waals surface area contributed by atoms with Gasteiger partial charge in [-0.25, -0.2) is 27.5 Å². The van der Waals surface area contributed by atoms with E-state index in [0.29, 0.717) is 28.0 Å². The van der Waals surface area contributed by atoms with Crippen molar-refractivity contribution in [2.24, 2.45) is 0 Å². The molecule has 0 atom stereocenters. The molecule has 0 bridgehead atoms. The summed E-state index contributed by atoms with van der Waals surface area (Å²) in [5.41, 5.74) is 0.700. The van der Waals surface area contributed by atoms with E-state index in [1.165, 1.54) is 80.8 Å². The largest absolute Gasteiger partial charge is 0.497 e. The second kappa shape index (κ2) is 10.7. The highest BCUT2D eigenvalue weighted by Crippen LogP contribution is 2.36. The van der Waals surface area contributed by atoms with Crippen LogP contribution >= 0.6 is 0 Å². The van der Waals surface area contributed by atoms with E-state index in [9.17, 15) is 13.2 Å². The Hall–Kier alpha value is -4.97. The Labute approximate surface area is 228 Å². The van der Waals surface area contributed by atoms with Gasteiger partial charge in [-0.05, 0) is 54.1 Å². The molecule has 0 aliphatic rings. The van der Waals surface area contributed by atoms with Crippen LogP contribution in [0.2, 0.25) is 0 Å². The van der Waals surface area contributed by atoms with Gasteiger partial charge in [0.2, 0.25) is 5.95 Å². The summed E-state index contributed by atoms with van der Waals surface area (Å²) in [5, 5.41) is 0.417. The van der Waals surface area contributed by atoms with Crippen molar-refractivity contribution in [2.75, 3.05) is 26.1 Å². The first-order valence-corrected chi connectivity index (χ1v) is 13.3. The average Bonchev–Trinajstić information content (AvgIpc) is 2.96. The minimum Gasteiger partial charge on any atom is -0.497 e. The summed E-state index contributed by atoms with van der Waals surface area (Å²) >= 11 is 0. The number of methoxy groups -OCH3 is 3. The van der Waals surface area contributed by atoms with Crippen LogP contribution < -0.4 is 24.5 Å². The first kappa shape index (κ1) is 26.6. The molecular formula is C28H23FN4O6S. The predicted molar refractivity (Wildman–Crippen MR) is 147 cm³/mol. The summed E-state index contributed by atoms with van der Waals surface area (Å²) in [7, 11) is 0.368. The molecule has 0 radical (unpaired) electrons. The summed E-state index contributed by atoms with van der Waals surface area (Å²) in [6.45, 7) is 0. The molecule has 0 spiro atoms. The third-order valence-corrected chi connectivity index (χ3v) is 7.47. The summed E-state index contributed by atoms with van der Waals surface area (Å²) in [4.78, 5) is 20.8. The van der Waals surface area contributed by atoms with E-state index in [0.717, 1.165) is 0 Å². The lowest BCUT2D eigenvalue weighted by molar-refractivity contribution is 0.394. The van der Waals surface area contributed by atoms with Gasteiger partial charge in [0.15, 0.2) is 0 Å². The standard InChI is InChI=1S/C28H23FN4O6S/c1-37-19-11-18(12-20(14-19)38-2)22-15-26(39-3)25(16-23(22)29)33-24-7-6-21(13-17(24)5-8-27(33)34)40(35,36)32-28-30-9-4-10-31-28/h4-16H,1-3H3,(H,30,31,32). The van der Waals surface area contributed by atoms with Crippen molar-refractivity contribution >= 4 is 26.9 Å². The van der Waals surface area contributed by atoms with Crippen LogP contribution in [0.4, 0.5) is 10.3 Å². The van der Waals surface area contributed by atoms with E-state index in [2.05, 4.69) is 14.7 Å². The number of nitrogens with one attached hydrogen (secondary N) is 1. The molecule has 5 rings (SSSR count). The van der Waals surface area contributed by atoms with Crippen LogP contribution in [0.25, 0.3) is 27.7 Å². The number of ether oxygens (including phenoxy) is 3. The third-order valence-electron chi connectivity index (χ3n) is 6.14. The molecule has 2 heterocycles. The highest BCUT2D eigenvalue weighted by Gasteiger charge is 2.20. The number of anilines is 1. The van der Waals surface area contributed by atoms with Crippen molar-refractivity contribution in [3.05, 3.63) is 95.3 Å². The van der Waals surface area contributed by atoms with Gasteiger partial charge in [-0.1, -0.05) is 0 Å². The summed E-state index contributed by atoms with van der Waals surface area (Å²) < 4.78 is 61.2. The summed E-state index contributed by atoms with van der Waals surface area (Å²) in [6, 6.07) is 16.2. The number of halogens is 1. The molecule has 40 heavy (non-hydrogen) atoms. The number of hydrogen-bond donors (Lipinski definition) is 1. The highest BCUT2D eigenvalue weighted by atomic mass is 32.2. The number of aromatic nitrogens is 3. The van der Waals surface area contributed by atoms with Gasteiger partial charge in [-0.3, -0.25) is 9.36 Å². The molecule has 12 heteroatoms. The van der Waals surface area contributed by atoms with Crippen molar-refractivity contribution in [3.8, 4) is 34.1 Å². The Morgan fingerprint density at radius 1 is 0.850 bits per heavy atom. The van der Waals surface area contributed by atoms with Gasteiger partial charge in [0, 0.05) is 41.5 Å². The first-order valence-electron chi connectivity index (χ1n) is 11.8. The van der Waals surface area contributed by atoms with Crippen molar-refractivity contribution in [1.82, 2.24) is 14.5 Å². The van der Waals surface area contributed by atoms with Crippen molar-refractivity contribution in [3.63, 3.8) is 0 Å². The van der Waals surface area contributed by atoms with Gasteiger partial charge in [0.05, 0.1) is 37.4 Å². The molecule has 204 valence electrons. The zero-order valence-corrected chi connectivity index (χ0v) is 22.4. The maximum Gasteiger partial charge on any atom is 0.264 e. The summed E-state index contributed by atoms with van der Waals surface area (Å²) in [5.74, 6) is 0.456. The molecule has 0 unspecified atom stereocenters. The average molecular weight is 563 g/mol. The molecule has 0 saturated carbocycles. The maximum absolute atomic E-state index is 15.6. The molecule has 0 aliphatic heterocycles. The second-order valence-electron chi connectivity index (χ2n) is 8.51. The van der Waals surface area contributed by atoms with E-state index in [1.54, 1.807) is 24.3 Å². The van der Waals surface area contributed by atoms with Crippen LogP contribution in [0, 0.1) is 5.82 Å². The lowest BCUT2D eigenvalue weighted by Gasteiger charge is -2.17. The van der Waals surface area contributed by atoms with Crippen LogP contribution in [0.3, 0.4) is 0 Å². The van der Waals surface area contributed by atoms with Crippen molar-refractivity contribution < 1.29 is 27.0 Å². The van der Waals surface area contributed by atoms with Crippen molar-refractivity contribution in [1.29, 1.82) is 0 Å². The number of rotatable bonds is 8. The Balaban J connectivity index is 1.63. The van der Waals surface area contributed by atoms with Gasteiger partial charge in [0.25, 0.3) is 15.6 Å². The van der Waals surface area contributed by atoms with Crippen LogP contribution in [0.15, 0.2) is 88.8 Å². The SMILES string of the molecule is COc1cc(OC)cc(-c2cc(OC)c(-n3c(=O)ccc4cc(S(=O)(=O)Nc5ncccn5)ccc43)cc2F)c1. The van der Waals surface area contributed by atoms with Gasteiger partial charge >= 0.3 is 0 Å². The molecule has 0 saturated heterocycles. The highest BCUT2D eigenvalue weighted by molar-refractivity contribution is 7.92. The van der Waals surface area contributed by atoms with Gasteiger partial charge < -0.3 is 14.2 Å². The van der Waals surface area contributed by atoms with Crippen LogP contribution in [-0.2, 0) is 10.0 Å². The smallest absolute Gasteiger partial charge is 0.264 e. The van der Waals surface area contributed by atoms with E-state index in [1.807, 2.05) is 0 Å². The van der Waals surface area contributed by atoms with E-state index in [-0.39, 0.29) is 27.8 Å². The molecule has 3 aromatic carbocycles. The minimum absolute atomic E-state index is 0.0712. The molecule has 2 aromatic heterocycles. The zero-order valence-electron chi connectivity index (χ0n) is 21.6. The molecule has 0 aliphatic carbocycles. The summed E-state index contributed by atoms with van der Waals surface area (Å²) in [6.07, 6.45) is 2.82. The fraction of sp³-hybridized carbons (Fsp3) is 0.107. The Bertz CT molecular complexity index is 1870. The van der Waals surface area contributed by atoms with Crippen LogP contribution in [0.1, 0.15) is 0 Å². The second-order valence-corrected chi connectivity index (χ2v) is 10.2. The molecule has 0 amide bonds. The minimum atomic E-state index is -4.03. The number of fused-ring (bicyclic) bond motifs is 1. The number of sulfonamides is 1. The van der Waals surface area contributed by atoms with Crippen LogP contribution in [-0.4, -0.2) is 44.3 Å². The quantitative estimate of drug-likeness (QED) is 0.295. The molecule has 1 N–H and O–H groups in total. The predicted octanol–water partition coefficient (Wildman–Crippen LogP) is 4.41. The zero-order chi connectivity index (χ0) is 28.4. The van der Waals surface area contributed by atoms with Gasteiger partial charge in [-0.2, -0.15) is 0 Å². The normalized spacial score (nSPS) is 11.3. The number of benzene rings is 3. The fourth-order valence-corrected chi connectivity index (χ4v) is 5.23. The van der Waals surface area contributed by atoms with Crippen molar-refractivity contribution in [2.45, 2.75) is 4.90 Å². The van der Waals surface area contributed by atoms with Gasteiger partial charge in [-0.15, -0.1) is 0 Å². The molecule has 0 fully saturated rings. The molecule has 10 nitrogen and oxygen atoms in total. The monoisotopic (exact) mass is 562 g/mol. The lowest BCUT2D eigenvalue weighted by Crippen LogP contribution is -2.19. The third kappa shape index (κ3) is 5.04. The topological polar surface area (TPSA) is 122 Å².